The maximum atomic E-state index is 12.5. The average Bonchev–Trinajstić information content (AvgIpc) is 2.55. The number of carbonyl (C=O) groups excluding carboxylic acids is 1. The molecule has 2 heterocycles. The number of aryl methyl sites for hydroxylation is 1. The molecule has 5 heteroatoms. The van der Waals surface area contributed by atoms with Crippen molar-refractivity contribution in [2.24, 2.45) is 5.92 Å². The molecule has 2 aliphatic rings. The van der Waals surface area contributed by atoms with Gasteiger partial charge in [-0.15, -0.1) is 0 Å². The van der Waals surface area contributed by atoms with Crippen LogP contribution in [0.4, 0.5) is 5.82 Å². The summed E-state index contributed by atoms with van der Waals surface area (Å²) in [6, 6.07) is 2.01. The number of piperazine rings is 1. The molecule has 1 aliphatic heterocycles. The van der Waals surface area contributed by atoms with Crippen molar-refractivity contribution in [1.82, 2.24) is 14.9 Å². The van der Waals surface area contributed by atoms with E-state index in [9.17, 15) is 4.79 Å². The van der Waals surface area contributed by atoms with Gasteiger partial charge in [-0.25, -0.2) is 9.97 Å². The first-order chi connectivity index (χ1) is 10.2. The predicted molar refractivity (Wildman–Crippen MR) is 82.1 cm³/mol. The van der Waals surface area contributed by atoms with Crippen molar-refractivity contribution in [3.63, 3.8) is 0 Å². The van der Waals surface area contributed by atoms with Crippen LogP contribution in [0.2, 0.25) is 0 Å². The molecule has 0 spiro atoms. The minimum absolute atomic E-state index is 0.284. The molecule has 0 radical (unpaired) electrons. The molecule has 5 nitrogen and oxygen atoms in total. The van der Waals surface area contributed by atoms with E-state index in [0.717, 1.165) is 50.5 Å². The van der Waals surface area contributed by atoms with E-state index < -0.39 is 0 Å². The molecule has 0 unspecified atom stereocenters. The second-order valence-electron chi connectivity index (χ2n) is 6.16. The van der Waals surface area contributed by atoms with Crippen LogP contribution >= 0.6 is 0 Å². The average molecular weight is 288 g/mol. The molecule has 21 heavy (non-hydrogen) atoms. The molecule has 1 aliphatic carbocycles. The van der Waals surface area contributed by atoms with Crippen molar-refractivity contribution in [2.75, 3.05) is 31.1 Å². The first kappa shape index (κ1) is 14.3. The zero-order chi connectivity index (χ0) is 14.7. The maximum Gasteiger partial charge on any atom is 0.225 e. The van der Waals surface area contributed by atoms with Crippen LogP contribution in [0.5, 0.6) is 0 Å². The van der Waals surface area contributed by atoms with Crippen molar-refractivity contribution in [2.45, 2.75) is 39.0 Å². The lowest BCUT2D eigenvalue weighted by Gasteiger charge is -2.37. The topological polar surface area (TPSA) is 49.3 Å². The van der Waals surface area contributed by atoms with Gasteiger partial charge < -0.3 is 9.80 Å². The highest BCUT2D eigenvalue weighted by Crippen LogP contribution is 2.26. The molecule has 114 valence electrons. The highest BCUT2D eigenvalue weighted by Gasteiger charge is 2.28. The summed E-state index contributed by atoms with van der Waals surface area (Å²) in [5.74, 6) is 1.65. The quantitative estimate of drug-likeness (QED) is 0.835. The molecular weight excluding hydrogens is 264 g/mol. The summed E-state index contributed by atoms with van der Waals surface area (Å²) in [4.78, 5) is 25.3. The minimum Gasteiger partial charge on any atom is -0.353 e. The Hall–Kier alpha value is -1.65. The fourth-order valence-corrected chi connectivity index (χ4v) is 3.38. The van der Waals surface area contributed by atoms with Crippen molar-refractivity contribution in [3.8, 4) is 0 Å². The van der Waals surface area contributed by atoms with E-state index in [2.05, 4.69) is 19.8 Å². The normalized spacial score (nSPS) is 20.6. The third-order valence-corrected chi connectivity index (χ3v) is 4.66. The summed E-state index contributed by atoms with van der Waals surface area (Å²) in [6.45, 7) is 5.36. The van der Waals surface area contributed by atoms with Crippen LogP contribution < -0.4 is 4.90 Å². The van der Waals surface area contributed by atoms with Gasteiger partial charge in [-0.05, 0) is 19.8 Å². The molecule has 1 aromatic rings. The number of carbonyl (C=O) groups is 1. The van der Waals surface area contributed by atoms with Crippen molar-refractivity contribution >= 4 is 11.7 Å². The number of hydrogen-bond acceptors (Lipinski definition) is 4. The Morgan fingerprint density at radius 2 is 1.81 bits per heavy atom. The van der Waals surface area contributed by atoms with Crippen LogP contribution in [-0.4, -0.2) is 47.0 Å². The lowest BCUT2D eigenvalue weighted by Crippen LogP contribution is -2.50. The third kappa shape index (κ3) is 3.34. The Balaban J connectivity index is 1.56. The SMILES string of the molecule is Cc1cc(N2CCN(C(=O)C3CCCCC3)CC2)ncn1. The van der Waals surface area contributed by atoms with Gasteiger partial charge in [0, 0.05) is 43.9 Å². The number of aromatic nitrogens is 2. The van der Waals surface area contributed by atoms with Crippen molar-refractivity contribution in [1.29, 1.82) is 0 Å². The second-order valence-corrected chi connectivity index (χ2v) is 6.16. The molecule has 1 aromatic heterocycles. The largest absolute Gasteiger partial charge is 0.353 e. The zero-order valence-electron chi connectivity index (χ0n) is 12.8. The number of amides is 1. The Labute approximate surface area is 126 Å². The van der Waals surface area contributed by atoms with Crippen molar-refractivity contribution < 1.29 is 4.79 Å². The molecule has 0 aromatic carbocycles. The summed E-state index contributed by atoms with van der Waals surface area (Å²) in [6.07, 6.45) is 7.52. The molecular formula is C16H24N4O. The van der Waals surface area contributed by atoms with Gasteiger partial charge in [0.25, 0.3) is 0 Å². The molecule has 0 bridgehead atoms. The van der Waals surface area contributed by atoms with Crippen LogP contribution in [0, 0.1) is 12.8 Å². The van der Waals surface area contributed by atoms with E-state index in [1.807, 2.05) is 13.0 Å². The van der Waals surface area contributed by atoms with E-state index in [1.165, 1.54) is 19.3 Å². The summed E-state index contributed by atoms with van der Waals surface area (Å²) in [7, 11) is 0. The van der Waals surface area contributed by atoms with Gasteiger partial charge in [-0.3, -0.25) is 4.79 Å². The van der Waals surface area contributed by atoms with Gasteiger partial charge in [-0.1, -0.05) is 19.3 Å². The van der Waals surface area contributed by atoms with Gasteiger partial charge in [-0.2, -0.15) is 0 Å². The monoisotopic (exact) mass is 288 g/mol. The van der Waals surface area contributed by atoms with Crippen LogP contribution in [0.25, 0.3) is 0 Å². The Morgan fingerprint density at radius 1 is 1.10 bits per heavy atom. The third-order valence-electron chi connectivity index (χ3n) is 4.66. The van der Waals surface area contributed by atoms with E-state index >= 15 is 0 Å². The van der Waals surface area contributed by atoms with Crippen LogP contribution in [-0.2, 0) is 4.79 Å². The Kier molecular flexibility index (Phi) is 4.36. The Morgan fingerprint density at radius 3 is 2.48 bits per heavy atom. The molecule has 1 amide bonds. The molecule has 1 saturated carbocycles. The van der Waals surface area contributed by atoms with Gasteiger partial charge in [0.05, 0.1) is 0 Å². The van der Waals surface area contributed by atoms with Gasteiger partial charge >= 0.3 is 0 Å². The predicted octanol–water partition coefficient (Wildman–Crippen LogP) is 2.01. The van der Waals surface area contributed by atoms with Crippen LogP contribution in [0.15, 0.2) is 12.4 Å². The summed E-state index contributed by atoms with van der Waals surface area (Å²) in [5, 5.41) is 0. The van der Waals surface area contributed by atoms with Crippen molar-refractivity contribution in [3.05, 3.63) is 18.1 Å². The first-order valence-electron chi connectivity index (χ1n) is 8.06. The number of anilines is 1. The minimum atomic E-state index is 0.284. The van der Waals surface area contributed by atoms with E-state index in [1.54, 1.807) is 6.33 Å². The zero-order valence-corrected chi connectivity index (χ0v) is 12.8. The van der Waals surface area contributed by atoms with Gasteiger partial charge in [0.15, 0.2) is 0 Å². The maximum absolute atomic E-state index is 12.5. The van der Waals surface area contributed by atoms with Crippen LogP contribution in [0.3, 0.4) is 0 Å². The fraction of sp³-hybridized carbons (Fsp3) is 0.688. The van der Waals surface area contributed by atoms with Gasteiger partial charge in [0.2, 0.25) is 5.91 Å². The highest BCUT2D eigenvalue weighted by molar-refractivity contribution is 5.79. The summed E-state index contributed by atoms with van der Waals surface area (Å²) < 4.78 is 0. The van der Waals surface area contributed by atoms with E-state index in [4.69, 9.17) is 0 Å². The lowest BCUT2D eigenvalue weighted by atomic mass is 9.88. The molecule has 0 atom stereocenters. The summed E-state index contributed by atoms with van der Waals surface area (Å²) in [5.41, 5.74) is 0.987. The smallest absolute Gasteiger partial charge is 0.225 e. The van der Waals surface area contributed by atoms with E-state index in [-0.39, 0.29) is 5.92 Å². The van der Waals surface area contributed by atoms with E-state index in [0.29, 0.717) is 5.91 Å². The molecule has 3 rings (SSSR count). The first-order valence-corrected chi connectivity index (χ1v) is 8.06. The standard InChI is InChI=1S/C16H24N4O/c1-13-11-15(18-12-17-13)19-7-9-20(10-8-19)16(21)14-5-3-2-4-6-14/h11-12,14H,2-10H2,1H3. The molecule has 1 saturated heterocycles. The highest BCUT2D eigenvalue weighted by atomic mass is 16.2. The second kappa shape index (κ2) is 6.41. The number of nitrogens with zero attached hydrogens (tertiary/aromatic N) is 4. The Bertz CT molecular complexity index is 491. The lowest BCUT2D eigenvalue weighted by molar-refractivity contribution is -0.136. The fourth-order valence-electron chi connectivity index (χ4n) is 3.38. The van der Waals surface area contributed by atoms with Crippen LogP contribution in [0.1, 0.15) is 37.8 Å². The number of hydrogen-bond donors (Lipinski definition) is 0. The van der Waals surface area contributed by atoms with Gasteiger partial charge in [0.1, 0.15) is 12.1 Å². The number of rotatable bonds is 2. The molecule has 0 N–H and O–H groups in total. The molecule has 2 fully saturated rings. The summed E-state index contributed by atoms with van der Waals surface area (Å²) >= 11 is 0.